The molecular formula is C22H19FN2O2S. The van der Waals surface area contributed by atoms with Gasteiger partial charge in [-0.15, -0.1) is 11.3 Å². The third kappa shape index (κ3) is 5.14. The highest BCUT2D eigenvalue weighted by Crippen LogP contribution is 2.29. The van der Waals surface area contributed by atoms with Gasteiger partial charge in [-0.05, 0) is 60.5 Å². The van der Waals surface area contributed by atoms with Crippen LogP contribution in [0.15, 0.2) is 60.7 Å². The standard InChI is InChI=1S/C22H19FN2O2S/c1-14-3-8-18(13-20(14)24-15(2)26)25-22(27)12-10-19-9-11-21(28-19)16-4-6-17(23)7-5-16/h3-13H,1-2H3,(H,24,26)(H,25,27). The Morgan fingerprint density at radius 1 is 1.00 bits per heavy atom. The summed E-state index contributed by atoms with van der Waals surface area (Å²) >= 11 is 1.51. The van der Waals surface area contributed by atoms with Crippen LogP contribution < -0.4 is 10.6 Å². The number of rotatable bonds is 5. The maximum absolute atomic E-state index is 13.0. The first-order valence-electron chi connectivity index (χ1n) is 8.64. The quantitative estimate of drug-likeness (QED) is 0.564. The van der Waals surface area contributed by atoms with Crippen molar-refractivity contribution in [2.75, 3.05) is 10.6 Å². The average molecular weight is 394 g/mol. The van der Waals surface area contributed by atoms with Crippen LogP contribution in [0.3, 0.4) is 0 Å². The summed E-state index contributed by atoms with van der Waals surface area (Å²) in [4.78, 5) is 25.4. The number of hydrogen-bond acceptors (Lipinski definition) is 3. The first kappa shape index (κ1) is 19.5. The van der Waals surface area contributed by atoms with Crippen LogP contribution in [-0.2, 0) is 9.59 Å². The van der Waals surface area contributed by atoms with Gasteiger partial charge in [0.1, 0.15) is 5.82 Å². The third-order valence-corrected chi connectivity index (χ3v) is 5.07. The summed E-state index contributed by atoms with van der Waals surface area (Å²) in [6.07, 6.45) is 3.19. The Bertz CT molecular complexity index is 1040. The van der Waals surface area contributed by atoms with Gasteiger partial charge in [-0.3, -0.25) is 9.59 Å². The smallest absolute Gasteiger partial charge is 0.248 e. The van der Waals surface area contributed by atoms with Crippen LogP contribution in [0.25, 0.3) is 16.5 Å². The van der Waals surface area contributed by atoms with Crippen molar-refractivity contribution in [3.8, 4) is 10.4 Å². The summed E-state index contributed by atoms with van der Waals surface area (Å²) in [6.45, 7) is 3.32. The number of thiophene rings is 1. The van der Waals surface area contributed by atoms with Crippen LogP contribution in [0.2, 0.25) is 0 Å². The lowest BCUT2D eigenvalue weighted by Gasteiger charge is -2.09. The fraction of sp³-hybridized carbons (Fsp3) is 0.0909. The fourth-order valence-corrected chi connectivity index (χ4v) is 3.49. The monoisotopic (exact) mass is 394 g/mol. The second kappa shape index (κ2) is 8.63. The summed E-state index contributed by atoms with van der Waals surface area (Å²) in [5.41, 5.74) is 3.11. The predicted molar refractivity (Wildman–Crippen MR) is 113 cm³/mol. The normalized spacial score (nSPS) is 10.8. The summed E-state index contributed by atoms with van der Waals surface area (Å²) in [7, 11) is 0. The lowest BCUT2D eigenvalue weighted by atomic mass is 10.1. The number of carbonyl (C=O) groups is 2. The highest BCUT2D eigenvalue weighted by Gasteiger charge is 2.05. The van der Waals surface area contributed by atoms with E-state index in [-0.39, 0.29) is 17.6 Å². The molecule has 1 aromatic heterocycles. The van der Waals surface area contributed by atoms with Gasteiger partial charge in [0.25, 0.3) is 0 Å². The number of hydrogen-bond donors (Lipinski definition) is 2. The number of nitrogens with one attached hydrogen (secondary N) is 2. The third-order valence-electron chi connectivity index (χ3n) is 3.97. The van der Waals surface area contributed by atoms with E-state index >= 15 is 0 Å². The van der Waals surface area contributed by atoms with Crippen molar-refractivity contribution >= 4 is 40.6 Å². The molecule has 0 spiro atoms. The molecular weight excluding hydrogens is 375 g/mol. The van der Waals surface area contributed by atoms with Gasteiger partial charge in [-0.25, -0.2) is 4.39 Å². The van der Waals surface area contributed by atoms with Crippen LogP contribution in [0.4, 0.5) is 15.8 Å². The Hall–Kier alpha value is -3.25. The number of amides is 2. The molecule has 0 aliphatic rings. The number of benzene rings is 2. The SMILES string of the molecule is CC(=O)Nc1cc(NC(=O)C=Cc2ccc(-c3ccc(F)cc3)s2)ccc1C. The van der Waals surface area contributed by atoms with Crippen molar-refractivity contribution in [3.63, 3.8) is 0 Å². The predicted octanol–water partition coefficient (Wildman–Crippen LogP) is 5.47. The highest BCUT2D eigenvalue weighted by atomic mass is 32.1. The van der Waals surface area contributed by atoms with Crippen LogP contribution in [0.1, 0.15) is 17.4 Å². The van der Waals surface area contributed by atoms with Gasteiger partial charge in [0.15, 0.2) is 0 Å². The van der Waals surface area contributed by atoms with Gasteiger partial charge in [0, 0.05) is 34.1 Å². The Morgan fingerprint density at radius 2 is 1.75 bits per heavy atom. The molecule has 28 heavy (non-hydrogen) atoms. The second-order valence-corrected chi connectivity index (χ2v) is 7.36. The Morgan fingerprint density at radius 3 is 2.46 bits per heavy atom. The zero-order valence-electron chi connectivity index (χ0n) is 15.5. The Balaban J connectivity index is 1.66. The molecule has 142 valence electrons. The lowest BCUT2D eigenvalue weighted by Crippen LogP contribution is -2.10. The van der Waals surface area contributed by atoms with E-state index in [4.69, 9.17) is 0 Å². The average Bonchev–Trinajstić information content (AvgIpc) is 3.12. The minimum atomic E-state index is -0.269. The highest BCUT2D eigenvalue weighted by molar-refractivity contribution is 7.16. The molecule has 3 aromatic rings. The molecule has 0 unspecified atom stereocenters. The van der Waals surface area contributed by atoms with Gasteiger partial charge in [0.05, 0.1) is 0 Å². The molecule has 0 saturated heterocycles. The summed E-state index contributed by atoms with van der Waals surface area (Å²) < 4.78 is 13.0. The Labute approximate surface area is 166 Å². The van der Waals surface area contributed by atoms with Crippen molar-refractivity contribution in [1.29, 1.82) is 0 Å². The van der Waals surface area contributed by atoms with Crippen molar-refractivity contribution in [2.24, 2.45) is 0 Å². The van der Waals surface area contributed by atoms with Gasteiger partial charge in [0.2, 0.25) is 11.8 Å². The topological polar surface area (TPSA) is 58.2 Å². The summed E-state index contributed by atoms with van der Waals surface area (Å²) in [5, 5.41) is 5.52. The van der Waals surface area contributed by atoms with E-state index in [1.165, 1.54) is 36.5 Å². The van der Waals surface area contributed by atoms with Crippen molar-refractivity contribution in [3.05, 3.63) is 76.9 Å². The summed E-state index contributed by atoms with van der Waals surface area (Å²) in [5.74, 6) is -0.703. The van der Waals surface area contributed by atoms with Crippen molar-refractivity contribution in [1.82, 2.24) is 0 Å². The van der Waals surface area contributed by atoms with Crippen LogP contribution >= 0.6 is 11.3 Å². The van der Waals surface area contributed by atoms with Gasteiger partial charge in [-0.2, -0.15) is 0 Å². The van der Waals surface area contributed by atoms with Gasteiger partial charge >= 0.3 is 0 Å². The van der Waals surface area contributed by atoms with Crippen LogP contribution in [-0.4, -0.2) is 11.8 Å². The maximum atomic E-state index is 13.0. The number of halogens is 1. The number of anilines is 2. The van der Waals surface area contributed by atoms with Gasteiger partial charge in [-0.1, -0.05) is 18.2 Å². The van der Waals surface area contributed by atoms with E-state index in [0.29, 0.717) is 11.4 Å². The minimum Gasteiger partial charge on any atom is -0.326 e. The van der Waals surface area contributed by atoms with E-state index in [9.17, 15) is 14.0 Å². The molecule has 0 saturated carbocycles. The molecule has 3 rings (SSSR count). The Kier molecular flexibility index (Phi) is 6.01. The molecule has 0 radical (unpaired) electrons. The lowest BCUT2D eigenvalue weighted by molar-refractivity contribution is -0.114. The molecule has 0 fully saturated rings. The first-order valence-corrected chi connectivity index (χ1v) is 9.45. The zero-order valence-corrected chi connectivity index (χ0v) is 16.3. The molecule has 0 aliphatic heterocycles. The summed E-state index contributed by atoms with van der Waals surface area (Å²) in [6, 6.07) is 15.5. The first-order chi connectivity index (χ1) is 13.4. The minimum absolute atomic E-state index is 0.166. The molecule has 2 aromatic carbocycles. The van der Waals surface area contributed by atoms with E-state index < -0.39 is 0 Å². The van der Waals surface area contributed by atoms with Crippen molar-refractivity contribution < 1.29 is 14.0 Å². The molecule has 0 atom stereocenters. The zero-order chi connectivity index (χ0) is 20.1. The molecule has 2 N–H and O–H groups in total. The van der Waals surface area contributed by atoms with Crippen molar-refractivity contribution in [2.45, 2.75) is 13.8 Å². The molecule has 1 heterocycles. The molecule has 4 nitrogen and oxygen atoms in total. The molecule has 6 heteroatoms. The van der Waals surface area contributed by atoms with E-state index in [1.807, 2.05) is 25.1 Å². The second-order valence-electron chi connectivity index (χ2n) is 6.24. The van der Waals surface area contributed by atoms with E-state index in [1.54, 1.807) is 30.3 Å². The van der Waals surface area contributed by atoms with E-state index in [0.717, 1.165) is 20.9 Å². The molecule has 2 amide bonds. The van der Waals surface area contributed by atoms with Crippen LogP contribution in [0, 0.1) is 12.7 Å². The fourth-order valence-electron chi connectivity index (χ4n) is 2.58. The molecule has 0 aliphatic carbocycles. The van der Waals surface area contributed by atoms with Crippen LogP contribution in [0.5, 0.6) is 0 Å². The molecule has 0 bridgehead atoms. The number of carbonyl (C=O) groups excluding carboxylic acids is 2. The van der Waals surface area contributed by atoms with Gasteiger partial charge < -0.3 is 10.6 Å². The van der Waals surface area contributed by atoms with E-state index in [2.05, 4.69) is 10.6 Å². The largest absolute Gasteiger partial charge is 0.326 e. The number of aryl methyl sites for hydroxylation is 1. The maximum Gasteiger partial charge on any atom is 0.248 e.